The minimum absolute atomic E-state index is 0.142. The van der Waals surface area contributed by atoms with Crippen LogP contribution >= 0.6 is 0 Å². The van der Waals surface area contributed by atoms with Crippen LogP contribution in [-0.4, -0.2) is 23.8 Å². The Balaban J connectivity index is 2.01. The van der Waals surface area contributed by atoms with E-state index in [9.17, 15) is 4.79 Å². The minimum Gasteiger partial charge on any atom is -0.496 e. The van der Waals surface area contributed by atoms with Crippen LogP contribution in [0, 0.1) is 18.3 Å². The number of rotatable bonds is 7. The molecular weight excluding hydrogens is 402 g/mol. The number of methoxy groups -OCH3 is 1. The van der Waals surface area contributed by atoms with Crippen LogP contribution in [0.3, 0.4) is 0 Å². The molecule has 3 rings (SSSR count). The van der Waals surface area contributed by atoms with E-state index in [1.165, 1.54) is 7.11 Å². The summed E-state index contributed by atoms with van der Waals surface area (Å²) in [5, 5.41) is 9.16. The molecule has 0 bridgehead atoms. The van der Waals surface area contributed by atoms with Crippen molar-refractivity contribution in [3.63, 3.8) is 0 Å². The highest BCUT2D eigenvalue weighted by molar-refractivity contribution is 6.22. The Morgan fingerprint density at radius 2 is 1.97 bits per heavy atom. The topological polar surface area (TPSA) is 84.6 Å². The van der Waals surface area contributed by atoms with Crippen molar-refractivity contribution in [3.05, 3.63) is 94.8 Å². The lowest BCUT2D eigenvalue weighted by Crippen LogP contribution is -2.14. The zero-order chi connectivity index (χ0) is 22.9. The first-order valence-electron chi connectivity index (χ1n) is 9.99. The molecule has 0 unspecified atom stereocenters. The Bertz CT molecular complexity index is 1210. The number of aromatic nitrogens is 1. The molecule has 2 aromatic carbocycles. The van der Waals surface area contributed by atoms with E-state index in [-0.39, 0.29) is 6.61 Å². The third-order valence-electron chi connectivity index (χ3n) is 4.76. The molecule has 0 N–H and O–H groups in total. The van der Waals surface area contributed by atoms with Gasteiger partial charge in [0.25, 0.3) is 0 Å². The number of nitriles is 1. The molecule has 0 amide bonds. The highest BCUT2D eigenvalue weighted by Crippen LogP contribution is 2.25. The van der Waals surface area contributed by atoms with E-state index in [0.717, 1.165) is 11.1 Å². The normalized spacial score (nSPS) is 11.6. The molecule has 0 saturated heterocycles. The van der Waals surface area contributed by atoms with Crippen LogP contribution in [0.2, 0.25) is 0 Å². The van der Waals surface area contributed by atoms with E-state index >= 15 is 0 Å². The molecule has 160 valence electrons. The van der Waals surface area contributed by atoms with Crippen LogP contribution in [0.15, 0.2) is 77.6 Å². The molecule has 0 aliphatic heterocycles. The number of aryl methyl sites for hydroxylation is 1. The van der Waals surface area contributed by atoms with E-state index < -0.39 is 5.97 Å². The van der Waals surface area contributed by atoms with Gasteiger partial charge in [0.05, 0.1) is 35.7 Å². The third-order valence-corrected chi connectivity index (χ3v) is 4.76. The summed E-state index contributed by atoms with van der Waals surface area (Å²) < 4.78 is 11.0. The van der Waals surface area contributed by atoms with E-state index in [2.05, 4.69) is 16.0 Å². The Kier molecular flexibility index (Phi) is 7.50. The second-order valence-corrected chi connectivity index (χ2v) is 7.05. The maximum Gasteiger partial charge on any atom is 0.340 e. The van der Waals surface area contributed by atoms with Crippen molar-refractivity contribution in [2.75, 3.05) is 7.11 Å². The predicted molar refractivity (Wildman–Crippen MR) is 124 cm³/mol. The van der Waals surface area contributed by atoms with Gasteiger partial charge in [-0.15, -0.1) is 0 Å². The van der Waals surface area contributed by atoms with Crippen LogP contribution in [0.1, 0.15) is 29.2 Å². The number of aliphatic imine (C=N–C) groups is 1. The molecule has 1 aromatic heterocycles. The molecule has 0 fully saturated rings. The zero-order valence-electron chi connectivity index (χ0n) is 18.2. The Morgan fingerprint density at radius 1 is 1.19 bits per heavy atom. The number of benzene rings is 2. The molecular formula is C26H23N3O3. The van der Waals surface area contributed by atoms with Crippen molar-refractivity contribution in [2.45, 2.75) is 20.5 Å². The number of hydrogen-bond donors (Lipinski definition) is 0. The summed E-state index contributed by atoms with van der Waals surface area (Å²) in [6.07, 6.45) is 5.04. The molecule has 0 aliphatic carbocycles. The third kappa shape index (κ3) is 5.67. The lowest BCUT2D eigenvalue weighted by molar-refractivity contribution is -0.139. The van der Waals surface area contributed by atoms with Crippen molar-refractivity contribution >= 4 is 23.4 Å². The van der Waals surface area contributed by atoms with Gasteiger partial charge in [0.15, 0.2) is 0 Å². The number of hydrogen-bond acceptors (Lipinski definition) is 6. The SMILES string of the molecule is COc1cc(C#N)ccc1C=C(C(=O)OCc1ccccc1)C(C)=Nc1ccncc1C. The van der Waals surface area contributed by atoms with Gasteiger partial charge in [-0.1, -0.05) is 30.3 Å². The Hall–Kier alpha value is -4.24. The summed E-state index contributed by atoms with van der Waals surface area (Å²) >= 11 is 0. The fraction of sp³-hybridized carbons (Fsp3) is 0.154. The fourth-order valence-electron chi connectivity index (χ4n) is 3.00. The highest BCUT2D eigenvalue weighted by atomic mass is 16.5. The fourth-order valence-corrected chi connectivity index (χ4v) is 3.00. The molecule has 0 radical (unpaired) electrons. The first-order chi connectivity index (χ1) is 15.5. The minimum atomic E-state index is -0.506. The Labute approximate surface area is 187 Å². The van der Waals surface area contributed by atoms with Gasteiger partial charge >= 0.3 is 5.97 Å². The van der Waals surface area contributed by atoms with Crippen molar-refractivity contribution in [3.8, 4) is 11.8 Å². The van der Waals surface area contributed by atoms with Gasteiger partial charge in [-0.25, -0.2) is 4.79 Å². The van der Waals surface area contributed by atoms with Crippen molar-refractivity contribution in [1.29, 1.82) is 5.26 Å². The maximum absolute atomic E-state index is 13.1. The summed E-state index contributed by atoms with van der Waals surface area (Å²) in [7, 11) is 1.52. The van der Waals surface area contributed by atoms with E-state index in [0.29, 0.717) is 33.8 Å². The van der Waals surface area contributed by atoms with Crippen LogP contribution in [-0.2, 0) is 16.1 Å². The van der Waals surface area contributed by atoms with Crippen molar-refractivity contribution < 1.29 is 14.3 Å². The van der Waals surface area contributed by atoms with Gasteiger partial charge in [0, 0.05) is 18.0 Å². The van der Waals surface area contributed by atoms with Gasteiger partial charge in [-0.3, -0.25) is 9.98 Å². The molecule has 0 saturated carbocycles. The van der Waals surface area contributed by atoms with Gasteiger partial charge in [0.1, 0.15) is 12.4 Å². The second-order valence-electron chi connectivity index (χ2n) is 7.05. The van der Waals surface area contributed by atoms with Crippen LogP contribution < -0.4 is 4.74 Å². The average molecular weight is 425 g/mol. The van der Waals surface area contributed by atoms with Crippen LogP contribution in [0.4, 0.5) is 5.69 Å². The number of nitrogens with zero attached hydrogens (tertiary/aromatic N) is 3. The van der Waals surface area contributed by atoms with Crippen molar-refractivity contribution in [2.24, 2.45) is 4.99 Å². The monoisotopic (exact) mass is 425 g/mol. The van der Waals surface area contributed by atoms with E-state index in [1.54, 1.807) is 49.7 Å². The molecule has 32 heavy (non-hydrogen) atoms. The standard InChI is InChI=1S/C26H23N3O3/c1-18-16-28-12-11-24(18)29-19(2)23(26(30)32-17-20-7-5-4-6-8-20)14-22-10-9-21(15-27)13-25(22)31-3/h4-14,16H,17H2,1-3H3. The van der Waals surface area contributed by atoms with Crippen LogP contribution in [0.5, 0.6) is 5.75 Å². The first kappa shape index (κ1) is 22.4. The number of pyridine rings is 1. The molecule has 1 heterocycles. The van der Waals surface area contributed by atoms with Crippen molar-refractivity contribution in [1.82, 2.24) is 4.98 Å². The predicted octanol–water partition coefficient (Wildman–Crippen LogP) is 5.19. The maximum atomic E-state index is 13.1. The van der Waals surface area contributed by atoms with Crippen LogP contribution in [0.25, 0.3) is 6.08 Å². The molecule has 6 nitrogen and oxygen atoms in total. The molecule has 6 heteroatoms. The summed E-state index contributed by atoms with van der Waals surface area (Å²) in [4.78, 5) is 21.8. The number of carbonyl (C=O) groups is 1. The smallest absolute Gasteiger partial charge is 0.340 e. The largest absolute Gasteiger partial charge is 0.496 e. The molecule has 0 aliphatic rings. The molecule has 0 spiro atoms. The lowest BCUT2D eigenvalue weighted by atomic mass is 10.0. The zero-order valence-corrected chi connectivity index (χ0v) is 18.2. The highest BCUT2D eigenvalue weighted by Gasteiger charge is 2.17. The summed E-state index contributed by atoms with van der Waals surface area (Å²) in [5.74, 6) is -0.0291. The quantitative estimate of drug-likeness (QED) is 0.295. The van der Waals surface area contributed by atoms with E-state index in [1.807, 2.05) is 37.3 Å². The van der Waals surface area contributed by atoms with Gasteiger partial charge in [-0.2, -0.15) is 5.26 Å². The number of esters is 1. The number of carbonyl (C=O) groups excluding carboxylic acids is 1. The molecule has 0 atom stereocenters. The lowest BCUT2D eigenvalue weighted by Gasteiger charge is -2.11. The van der Waals surface area contributed by atoms with Gasteiger partial charge in [0.2, 0.25) is 0 Å². The summed E-state index contributed by atoms with van der Waals surface area (Å²) in [6, 6.07) is 18.4. The van der Waals surface area contributed by atoms with Gasteiger partial charge in [-0.05, 0) is 55.3 Å². The first-order valence-corrected chi connectivity index (χ1v) is 9.99. The average Bonchev–Trinajstić information content (AvgIpc) is 2.83. The number of ether oxygens (including phenoxy) is 2. The van der Waals surface area contributed by atoms with Gasteiger partial charge < -0.3 is 9.47 Å². The van der Waals surface area contributed by atoms with E-state index in [4.69, 9.17) is 14.7 Å². The molecule has 3 aromatic rings. The second kappa shape index (κ2) is 10.7. The summed E-state index contributed by atoms with van der Waals surface area (Å²) in [5.41, 5.74) is 4.37. The Morgan fingerprint density at radius 3 is 2.66 bits per heavy atom. The summed E-state index contributed by atoms with van der Waals surface area (Å²) in [6.45, 7) is 3.80.